The van der Waals surface area contributed by atoms with Gasteiger partial charge >= 0.3 is 0 Å². The van der Waals surface area contributed by atoms with Crippen LogP contribution in [0, 0.1) is 19.7 Å². The summed E-state index contributed by atoms with van der Waals surface area (Å²) in [6.45, 7) is 5.68. The lowest BCUT2D eigenvalue weighted by Crippen LogP contribution is -2.04. The highest BCUT2D eigenvalue weighted by Crippen LogP contribution is 2.30. The quantitative estimate of drug-likeness (QED) is 0.604. The van der Waals surface area contributed by atoms with E-state index in [0.29, 0.717) is 5.56 Å². The van der Waals surface area contributed by atoms with Gasteiger partial charge in [-0.1, -0.05) is 12.1 Å². The number of aryl methyl sites for hydroxylation is 1. The minimum atomic E-state index is -0.264. The van der Waals surface area contributed by atoms with Crippen molar-refractivity contribution < 1.29 is 4.39 Å². The number of aromatic nitrogens is 2. The molecule has 0 radical (unpaired) electrons. The zero-order valence-electron chi connectivity index (χ0n) is 12.2. The summed E-state index contributed by atoms with van der Waals surface area (Å²) in [6.07, 6.45) is 0. The molecule has 0 bridgehead atoms. The van der Waals surface area contributed by atoms with E-state index < -0.39 is 0 Å². The first kappa shape index (κ1) is 14.1. The molecule has 1 atom stereocenters. The van der Waals surface area contributed by atoms with E-state index in [1.807, 2.05) is 36.6 Å². The maximum Gasteiger partial charge on any atom is 0.132 e. The maximum absolute atomic E-state index is 13.9. The monoisotopic (exact) mass is 302 g/mol. The molecule has 21 heavy (non-hydrogen) atoms. The molecule has 0 saturated carbocycles. The minimum absolute atomic E-state index is 0.227. The van der Waals surface area contributed by atoms with Gasteiger partial charge in [0, 0.05) is 5.56 Å². The molecule has 0 amide bonds. The van der Waals surface area contributed by atoms with Gasteiger partial charge in [-0.15, -0.1) is 11.6 Å². The highest BCUT2D eigenvalue weighted by molar-refractivity contribution is 6.20. The van der Waals surface area contributed by atoms with Gasteiger partial charge in [-0.05, 0) is 50.6 Å². The minimum Gasteiger partial charge on any atom is -0.295 e. The number of rotatable bonds is 2. The molecule has 0 aliphatic carbocycles. The third-order valence-electron chi connectivity index (χ3n) is 3.67. The lowest BCUT2D eigenvalue weighted by molar-refractivity contribution is 0.616. The van der Waals surface area contributed by atoms with Crippen LogP contribution in [0.25, 0.3) is 16.7 Å². The number of alkyl halides is 1. The maximum atomic E-state index is 13.9. The normalized spacial score (nSPS) is 12.8. The van der Waals surface area contributed by atoms with E-state index in [1.54, 1.807) is 13.0 Å². The fourth-order valence-corrected chi connectivity index (χ4v) is 2.71. The van der Waals surface area contributed by atoms with Crippen LogP contribution >= 0.6 is 11.6 Å². The first-order valence-electron chi connectivity index (χ1n) is 6.87. The Labute approximate surface area is 128 Å². The molecule has 1 heterocycles. The van der Waals surface area contributed by atoms with Crippen LogP contribution in [-0.4, -0.2) is 9.55 Å². The topological polar surface area (TPSA) is 17.8 Å². The number of imidazole rings is 1. The second kappa shape index (κ2) is 5.15. The third kappa shape index (κ3) is 2.32. The summed E-state index contributed by atoms with van der Waals surface area (Å²) in [7, 11) is 0. The van der Waals surface area contributed by atoms with E-state index >= 15 is 0 Å². The van der Waals surface area contributed by atoms with Crippen molar-refractivity contribution in [2.45, 2.75) is 26.1 Å². The number of hydrogen-bond donors (Lipinski definition) is 0. The molecule has 0 N–H and O–H groups in total. The SMILES string of the molecule is Cc1ccc2nc(C(C)Cl)n(-c3cccc(F)c3C)c2c1. The molecule has 1 unspecified atom stereocenters. The second-order valence-electron chi connectivity index (χ2n) is 5.30. The fraction of sp³-hybridized carbons (Fsp3) is 0.235. The van der Waals surface area contributed by atoms with E-state index in [9.17, 15) is 4.39 Å². The van der Waals surface area contributed by atoms with Gasteiger partial charge in [0.15, 0.2) is 0 Å². The molecule has 0 aliphatic heterocycles. The Morgan fingerprint density at radius 3 is 2.67 bits per heavy atom. The van der Waals surface area contributed by atoms with Crippen LogP contribution in [-0.2, 0) is 0 Å². The summed E-state index contributed by atoms with van der Waals surface area (Å²) in [6, 6.07) is 11.1. The van der Waals surface area contributed by atoms with Crippen molar-refractivity contribution in [1.82, 2.24) is 9.55 Å². The lowest BCUT2D eigenvalue weighted by atomic mass is 10.1. The highest BCUT2D eigenvalue weighted by atomic mass is 35.5. The van der Waals surface area contributed by atoms with Crippen LogP contribution in [0.15, 0.2) is 36.4 Å². The summed E-state index contributed by atoms with van der Waals surface area (Å²) >= 11 is 6.28. The molecular formula is C17H16ClFN2. The number of fused-ring (bicyclic) bond motifs is 1. The summed E-state index contributed by atoms with van der Waals surface area (Å²) in [5, 5.41) is -0.264. The highest BCUT2D eigenvalue weighted by Gasteiger charge is 2.18. The van der Waals surface area contributed by atoms with Crippen molar-refractivity contribution in [3.8, 4) is 5.69 Å². The molecule has 0 spiro atoms. The van der Waals surface area contributed by atoms with Gasteiger partial charge in [-0.25, -0.2) is 9.37 Å². The van der Waals surface area contributed by atoms with Crippen LogP contribution in [0.1, 0.15) is 29.3 Å². The summed E-state index contributed by atoms with van der Waals surface area (Å²) in [4.78, 5) is 4.61. The van der Waals surface area contributed by atoms with E-state index in [0.717, 1.165) is 28.1 Å². The van der Waals surface area contributed by atoms with Gasteiger partial charge in [-0.2, -0.15) is 0 Å². The van der Waals surface area contributed by atoms with Crippen molar-refractivity contribution in [2.24, 2.45) is 0 Å². The zero-order chi connectivity index (χ0) is 15.1. The number of hydrogen-bond acceptors (Lipinski definition) is 1. The Bertz CT molecular complexity index is 821. The predicted octanol–water partition coefficient (Wildman–Crippen LogP) is 5.08. The molecule has 4 heteroatoms. The average molecular weight is 303 g/mol. The second-order valence-corrected chi connectivity index (χ2v) is 5.95. The molecular weight excluding hydrogens is 287 g/mol. The van der Waals surface area contributed by atoms with Crippen molar-refractivity contribution >= 4 is 22.6 Å². The number of benzene rings is 2. The molecule has 0 saturated heterocycles. The molecule has 1 aromatic heterocycles. The van der Waals surface area contributed by atoms with Crippen LogP contribution in [0.4, 0.5) is 4.39 Å². The van der Waals surface area contributed by atoms with Crippen LogP contribution in [0.3, 0.4) is 0 Å². The largest absolute Gasteiger partial charge is 0.295 e. The van der Waals surface area contributed by atoms with E-state index in [4.69, 9.17) is 11.6 Å². The van der Waals surface area contributed by atoms with Gasteiger partial charge in [0.2, 0.25) is 0 Å². The molecule has 3 rings (SSSR count). The van der Waals surface area contributed by atoms with Gasteiger partial charge in [0.05, 0.1) is 22.1 Å². The summed E-state index contributed by atoms with van der Waals surface area (Å²) < 4.78 is 15.9. The van der Waals surface area contributed by atoms with Gasteiger partial charge in [0.1, 0.15) is 11.6 Å². The Balaban J connectivity index is 2.41. The van der Waals surface area contributed by atoms with E-state index in [-0.39, 0.29) is 11.2 Å². The molecule has 108 valence electrons. The van der Waals surface area contributed by atoms with Gasteiger partial charge in [-0.3, -0.25) is 4.57 Å². The zero-order valence-corrected chi connectivity index (χ0v) is 12.9. The van der Waals surface area contributed by atoms with Crippen LogP contribution in [0.2, 0.25) is 0 Å². The summed E-state index contributed by atoms with van der Waals surface area (Å²) in [5.74, 6) is 0.501. The van der Waals surface area contributed by atoms with Crippen molar-refractivity contribution in [3.63, 3.8) is 0 Å². The molecule has 2 nitrogen and oxygen atoms in total. The van der Waals surface area contributed by atoms with Crippen LogP contribution < -0.4 is 0 Å². The Kier molecular flexibility index (Phi) is 3.46. The fourth-order valence-electron chi connectivity index (χ4n) is 2.56. The molecule has 0 aliphatic rings. The van der Waals surface area contributed by atoms with Gasteiger partial charge < -0.3 is 0 Å². The standard InChI is InChI=1S/C17H16ClFN2/c1-10-7-8-14-16(9-10)21(17(20-14)12(3)18)15-6-4-5-13(19)11(15)2/h4-9,12H,1-3H3. The van der Waals surface area contributed by atoms with Crippen molar-refractivity contribution in [3.05, 3.63) is 59.2 Å². The number of halogens is 2. The molecule has 3 aromatic rings. The predicted molar refractivity (Wildman–Crippen MR) is 84.8 cm³/mol. The third-order valence-corrected chi connectivity index (χ3v) is 3.87. The first-order valence-corrected chi connectivity index (χ1v) is 7.31. The molecule has 0 fully saturated rings. The number of nitrogens with zero attached hydrogens (tertiary/aromatic N) is 2. The Morgan fingerprint density at radius 1 is 1.19 bits per heavy atom. The van der Waals surface area contributed by atoms with Crippen LogP contribution in [0.5, 0.6) is 0 Å². The first-order chi connectivity index (χ1) is 9.99. The van der Waals surface area contributed by atoms with Crippen molar-refractivity contribution in [2.75, 3.05) is 0 Å². The van der Waals surface area contributed by atoms with E-state index in [1.165, 1.54) is 6.07 Å². The Morgan fingerprint density at radius 2 is 1.95 bits per heavy atom. The average Bonchev–Trinajstić information content (AvgIpc) is 2.80. The van der Waals surface area contributed by atoms with Crippen molar-refractivity contribution in [1.29, 1.82) is 0 Å². The lowest BCUT2D eigenvalue weighted by Gasteiger charge is -2.14. The smallest absolute Gasteiger partial charge is 0.132 e. The Hall–Kier alpha value is -1.87. The summed E-state index contributed by atoms with van der Waals surface area (Å²) in [5.41, 5.74) is 4.33. The van der Waals surface area contributed by atoms with E-state index in [2.05, 4.69) is 11.1 Å². The van der Waals surface area contributed by atoms with Gasteiger partial charge in [0.25, 0.3) is 0 Å². The molecule has 2 aromatic carbocycles.